The minimum absolute atomic E-state index is 0.541. The van der Waals surface area contributed by atoms with Crippen molar-refractivity contribution in [1.29, 1.82) is 0 Å². The smallest absolute Gasteiger partial charge is 0.332 e. The fourth-order valence-corrected chi connectivity index (χ4v) is 1.67. The third kappa shape index (κ3) is 3.92. The largest absolute Gasteiger partial charge is 0.493 e. The second-order valence-electron chi connectivity index (χ2n) is 3.19. The topological polar surface area (TPSA) is 85.9 Å². The predicted octanol–water partition coefficient (Wildman–Crippen LogP) is 1.86. The van der Waals surface area contributed by atoms with Crippen molar-refractivity contribution in [1.82, 2.24) is 5.43 Å². The number of ether oxygens (including phenoxy) is 2. The molecule has 98 valence electrons. The van der Waals surface area contributed by atoms with Crippen LogP contribution in [0.1, 0.15) is 12.5 Å². The van der Waals surface area contributed by atoms with Gasteiger partial charge in [-0.15, -0.1) is 0 Å². The van der Waals surface area contributed by atoms with Gasteiger partial charge in [0.1, 0.15) is 0 Å². The summed E-state index contributed by atoms with van der Waals surface area (Å²) in [5, 5.41) is 3.68. The fraction of sp³-hybridized carbons (Fsp3) is 0.273. The molecule has 3 N–H and O–H groups in total. The highest BCUT2D eigenvalue weighted by Gasteiger charge is 2.08. The fourth-order valence-electron chi connectivity index (χ4n) is 1.24. The van der Waals surface area contributed by atoms with E-state index in [1.54, 1.807) is 19.2 Å². The molecule has 18 heavy (non-hydrogen) atoms. The first kappa shape index (κ1) is 14.3. The van der Waals surface area contributed by atoms with Gasteiger partial charge in [0.05, 0.1) is 19.9 Å². The Morgan fingerprint density at radius 1 is 1.56 bits per heavy atom. The molecule has 1 rings (SSSR count). The molecule has 0 radical (unpaired) electrons. The predicted molar refractivity (Wildman–Crippen MR) is 72.2 cm³/mol. The number of primary amides is 1. The van der Waals surface area contributed by atoms with E-state index in [1.165, 1.54) is 6.21 Å². The number of carbonyl (C=O) groups is 1. The normalized spacial score (nSPS) is 10.4. The lowest BCUT2D eigenvalue weighted by Gasteiger charge is -2.11. The zero-order chi connectivity index (χ0) is 13.5. The van der Waals surface area contributed by atoms with E-state index in [2.05, 4.69) is 26.5 Å². The van der Waals surface area contributed by atoms with Crippen LogP contribution in [0.5, 0.6) is 11.5 Å². The summed E-state index contributed by atoms with van der Waals surface area (Å²) in [6.45, 7) is 2.43. The van der Waals surface area contributed by atoms with Gasteiger partial charge in [0.25, 0.3) is 0 Å². The summed E-state index contributed by atoms with van der Waals surface area (Å²) in [6.07, 6.45) is 1.45. The number of rotatable bonds is 5. The van der Waals surface area contributed by atoms with E-state index in [0.29, 0.717) is 18.1 Å². The zero-order valence-corrected chi connectivity index (χ0v) is 11.7. The van der Waals surface area contributed by atoms with Crippen molar-refractivity contribution in [2.45, 2.75) is 6.92 Å². The standard InChI is InChI=1S/C11H14BrN3O3/c1-3-18-10-5-8(12)7(4-9(10)17-2)6-14-15-11(13)16/h4-6H,3H2,1-2H3,(H3,13,15,16)/b14-6+. The van der Waals surface area contributed by atoms with E-state index in [9.17, 15) is 4.79 Å². The summed E-state index contributed by atoms with van der Waals surface area (Å²) in [7, 11) is 1.55. The number of hydrazone groups is 1. The molecule has 0 heterocycles. The van der Waals surface area contributed by atoms with Crippen LogP contribution in [0.4, 0.5) is 4.79 Å². The minimum Gasteiger partial charge on any atom is -0.493 e. The average molecular weight is 316 g/mol. The Morgan fingerprint density at radius 2 is 2.28 bits per heavy atom. The van der Waals surface area contributed by atoms with Crippen molar-refractivity contribution in [3.63, 3.8) is 0 Å². The number of nitrogens with two attached hydrogens (primary N) is 1. The number of carbonyl (C=O) groups excluding carboxylic acids is 1. The molecular formula is C11H14BrN3O3. The average Bonchev–Trinajstić information content (AvgIpc) is 2.32. The number of amides is 2. The van der Waals surface area contributed by atoms with Crippen molar-refractivity contribution in [3.8, 4) is 11.5 Å². The zero-order valence-electron chi connectivity index (χ0n) is 10.1. The van der Waals surface area contributed by atoms with Crippen molar-refractivity contribution >= 4 is 28.2 Å². The van der Waals surface area contributed by atoms with Crippen LogP contribution in [-0.4, -0.2) is 26.0 Å². The van der Waals surface area contributed by atoms with Crippen molar-refractivity contribution in [2.75, 3.05) is 13.7 Å². The molecule has 0 aliphatic carbocycles. The first-order valence-electron chi connectivity index (χ1n) is 5.17. The van der Waals surface area contributed by atoms with Gasteiger partial charge in [-0.1, -0.05) is 0 Å². The summed E-state index contributed by atoms with van der Waals surface area (Å²) < 4.78 is 11.4. The monoisotopic (exact) mass is 315 g/mol. The van der Waals surface area contributed by atoms with E-state index in [-0.39, 0.29) is 0 Å². The molecule has 0 bridgehead atoms. The highest BCUT2D eigenvalue weighted by atomic mass is 79.9. The maximum Gasteiger partial charge on any atom is 0.332 e. The lowest BCUT2D eigenvalue weighted by Crippen LogP contribution is -2.24. The minimum atomic E-state index is -0.722. The number of urea groups is 1. The Hall–Kier alpha value is -1.76. The molecule has 0 aromatic heterocycles. The van der Waals surface area contributed by atoms with E-state index in [0.717, 1.165) is 10.0 Å². The first-order chi connectivity index (χ1) is 8.58. The van der Waals surface area contributed by atoms with E-state index < -0.39 is 6.03 Å². The highest BCUT2D eigenvalue weighted by Crippen LogP contribution is 2.32. The van der Waals surface area contributed by atoms with Crippen LogP contribution in [-0.2, 0) is 0 Å². The molecule has 6 nitrogen and oxygen atoms in total. The second kappa shape index (κ2) is 6.85. The van der Waals surface area contributed by atoms with Gasteiger partial charge in [0, 0.05) is 10.0 Å². The molecule has 0 atom stereocenters. The summed E-state index contributed by atoms with van der Waals surface area (Å²) in [4.78, 5) is 10.5. The van der Waals surface area contributed by atoms with Crippen LogP contribution < -0.4 is 20.6 Å². The molecule has 0 fully saturated rings. The van der Waals surface area contributed by atoms with Gasteiger partial charge in [-0.2, -0.15) is 5.10 Å². The van der Waals surface area contributed by atoms with Crippen molar-refractivity contribution < 1.29 is 14.3 Å². The third-order valence-corrected chi connectivity index (χ3v) is 2.65. The molecule has 0 saturated heterocycles. The van der Waals surface area contributed by atoms with Gasteiger partial charge in [-0.05, 0) is 35.0 Å². The molecule has 0 aliphatic heterocycles. The van der Waals surface area contributed by atoms with Gasteiger partial charge >= 0.3 is 6.03 Å². The number of nitrogens with one attached hydrogen (secondary N) is 1. The Kier molecular flexibility index (Phi) is 5.44. The van der Waals surface area contributed by atoms with Crippen LogP contribution in [0, 0.1) is 0 Å². The van der Waals surface area contributed by atoms with Crippen LogP contribution in [0.2, 0.25) is 0 Å². The third-order valence-electron chi connectivity index (χ3n) is 1.96. The number of methoxy groups -OCH3 is 1. The molecule has 0 aliphatic rings. The number of benzene rings is 1. The summed E-state index contributed by atoms with van der Waals surface area (Å²) >= 11 is 3.38. The number of nitrogens with zero attached hydrogens (tertiary/aromatic N) is 1. The molecule has 2 amide bonds. The summed E-state index contributed by atoms with van der Waals surface area (Å²) in [6, 6.07) is 2.79. The number of hydrogen-bond donors (Lipinski definition) is 2. The van der Waals surface area contributed by atoms with Crippen LogP contribution >= 0.6 is 15.9 Å². The SMILES string of the molecule is CCOc1cc(Br)c(/C=N/NC(N)=O)cc1OC. The Bertz CT molecular complexity index is 463. The van der Waals surface area contributed by atoms with Gasteiger partial charge in [0.15, 0.2) is 11.5 Å². The summed E-state index contributed by atoms with van der Waals surface area (Å²) in [5.41, 5.74) is 7.73. The van der Waals surface area contributed by atoms with Crippen LogP contribution in [0.25, 0.3) is 0 Å². The molecular weight excluding hydrogens is 302 g/mol. The number of hydrogen-bond acceptors (Lipinski definition) is 4. The lowest BCUT2D eigenvalue weighted by atomic mass is 10.2. The molecule has 0 saturated carbocycles. The van der Waals surface area contributed by atoms with Crippen molar-refractivity contribution in [2.24, 2.45) is 10.8 Å². The molecule has 7 heteroatoms. The Balaban J connectivity index is 2.99. The van der Waals surface area contributed by atoms with Gasteiger partial charge in [0.2, 0.25) is 0 Å². The van der Waals surface area contributed by atoms with E-state index in [4.69, 9.17) is 15.2 Å². The second-order valence-corrected chi connectivity index (χ2v) is 4.05. The molecule has 0 unspecified atom stereocenters. The molecule has 0 spiro atoms. The highest BCUT2D eigenvalue weighted by molar-refractivity contribution is 9.10. The van der Waals surface area contributed by atoms with Gasteiger partial charge in [-0.25, -0.2) is 10.2 Å². The van der Waals surface area contributed by atoms with Crippen LogP contribution in [0.15, 0.2) is 21.7 Å². The Morgan fingerprint density at radius 3 is 2.83 bits per heavy atom. The number of halogens is 1. The maximum atomic E-state index is 10.5. The maximum absolute atomic E-state index is 10.5. The molecule has 1 aromatic carbocycles. The van der Waals surface area contributed by atoms with E-state index >= 15 is 0 Å². The Labute approximate surface area is 113 Å². The van der Waals surface area contributed by atoms with Crippen molar-refractivity contribution in [3.05, 3.63) is 22.2 Å². The summed E-state index contributed by atoms with van der Waals surface area (Å²) in [5.74, 6) is 1.22. The van der Waals surface area contributed by atoms with Gasteiger partial charge in [-0.3, -0.25) is 0 Å². The quantitative estimate of drug-likeness (QED) is 0.642. The lowest BCUT2D eigenvalue weighted by molar-refractivity contribution is 0.249. The molecule has 1 aromatic rings. The van der Waals surface area contributed by atoms with Gasteiger partial charge < -0.3 is 15.2 Å². The first-order valence-corrected chi connectivity index (χ1v) is 5.96. The van der Waals surface area contributed by atoms with Crippen LogP contribution in [0.3, 0.4) is 0 Å². The van der Waals surface area contributed by atoms with E-state index in [1.807, 2.05) is 6.92 Å².